The maximum atomic E-state index is 12.5. The van der Waals surface area contributed by atoms with Gasteiger partial charge < -0.3 is 10.4 Å². The summed E-state index contributed by atoms with van der Waals surface area (Å²) in [6.07, 6.45) is 0.889. The van der Waals surface area contributed by atoms with E-state index >= 15 is 0 Å². The van der Waals surface area contributed by atoms with Gasteiger partial charge in [0.1, 0.15) is 5.75 Å². The predicted octanol–water partition coefficient (Wildman–Crippen LogP) is 4.55. The summed E-state index contributed by atoms with van der Waals surface area (Å²) in [6, 6.07) is 9.37. The lowest BCUT2D eigenvalue weighted by Gasteiger charge is -2.24. The summed E-state index contributed by atoms with van der Waals surface area (Å²) < 4.78 is 0. The van der Waals surface area contributed by atoms with Gasteiger partial charge in [-0.05, 0) is 48.6 Å². The molecule has 0 aliphatic rings. The van der Waals surface area contributed by atoms with Gasteiger partial charge in [-0.3, -0.25) is 14.9 Å². The van der Waals surface area contributed by atoms with E-state index in [1.54, 1.807) is 13.0 Å². The van der Waals surface area contributed by atoms with Crippen molar-refractivity contribution in [2.45, 2.75) is 39.5 Å². The topological polar surface area (TPSA) is 92.5 Å². The lowest BCUT2D eigenvalue weighted by atomic mass is 9.81. The Balaban J connectivity index is 2.31. The molecule has 0 aliphatic carbocycles. The van der Waals surface area contributed by atoms with Crippen LogP contribution in [0.1, 0.15) is 48.7 Å². The maximum absolute atomic E-state index is 12.5. The smallest absolute Gasteiger partial charge is 0.272 e. The minimum Gasteiger partial charge on any atom is -0.507 e. The van der Waals surface area contributed by atoms with Gasteiger partial charge in [-0.25, -0.2) is 0 Å². The molecule has 25 heavy (non-hydrogen) atoms. The molecule has 132 valence electrons. The van der Waals surface area contributed by atoms with Crippen LogP contribution in [-0.2, 0) is 5.41 Å². The SMILES string of the molecule is CCC(C)(C)c1ccc(O)c(C(=O)Nc2ccc([N+](=O)[O-])c(C)c2)c1. The van der Waals surface area contributed by atoms with Gasteiger partial charge in [-0.15, -0.1) is 0 Å². The number of benzene rings is 2. The van der Waals surface area contributed by atoms with Crippen molar-refractivity contribution in [1.29, 1.82) is 0 Å². The molecule has 0 aliphatic heterocycles. The summed E-state index contributed by atoms with van der Waals surface area (Å²) in [7, 11) is 0. The molecule has 2 N–H and O–H groups in total. The van der Waals surface area contributed by atoms with E-state index in [0.717, 1.165) is 12.0 Å². The third-order valence-corrected chi connectivity index (χ3v) is 4.56. The Morgan fingerprint density at radius 1 is 1.24 bits per heavy atom. The van der Waals surface area contributed by atoms with Gasteiger partial charge in [0, 0.05) is 17.3 Å². The first kappa shape index (κ1) is 18.4. The number of aryl methyl sites for hydroxylation is 1. The monoisotopic (exact) mass is 342 g/mol. The molecule has 6 nitrogen and oxygen atoms in total. The first-order valence-electron chi connectivity index (χ1n) is 8.05. The molecule has 0 atom stereocenters. The molecular weight excluding hydrogens is 320 g/mol. The number of phenolic OH excluding ortho intramolecular Hbond substituents is 1. The molecule has 0 aromatic heterocycles. The average molecular weight is 342 g/mol. The van der Waals surface area contributed by atoms with Crippen LogP contribution in [0.15, 0.2) is 36.4 Å². The molecule has 0 radical (unpaired) electrons. The second-order valence-electron chi connectivity index (χ2n) is 6.68. The number of phenols is 1. The van der Waals surface area contributed by atoms with Gasteiger partial charge >= 0.3 is 0 Å². The molecule has 0 spiro atoms. The van der Waals surface area contributed by atoms with Gasteiger partial charge in [-0.1, -0.05) is 26.8 Å². The third kappa shape index (κ3) is 3.96. The highest BCUT2D eigenvalue weighted by Gasteiger charge is 2.21. The number of aromatic hydroxyl groups is 1. The van der Waals surface area contributed by atoms with Crippen LogP contribution in [-0.4, -0.2) is 15.9 Å². The standard InChI is InChI=1S/C19H22N2O4/c1-5-19(3,4)13-6-9-17(22)15(11-13)18(23)20-14-7-8-16(21(24)25)12(2)10-14/h6-11,22H,5H2,1-4H3,(H,20,23). The zero-order valence-corrected chi connectivity index (χ0v) is 14.8. The summed E-state index contributed by atoms with van der Waals surface area (Å²) in [5.41, 5.74) is 1.90. The van der Waals surface area contributed by atoms with Crippen molar-refractivity contribution in [2.75, 3.05) is 5.32 Å². The summed E-state index contributed by atoms with van der Waals surface area (Å²) in [4.78, 5) is 22.9. The lowest BCUT2D eigenvalue weighted by molar-refractivity contribution is -0.385. The molecular formula is C19H22N2O4. The van der Waals surface area contributed by atoms with Crippen molar-refractivity contribution in [2.24, 2.45) is 0 Å². The van der Waals surface area contributed by atoms with Crippen molar-refractivity contribution in [1.82, 2.24) is 0 Å². The van der Waals surface area contributed by atoms with E-state index in [2.05, 4.69) is 26.1 Å². The Bertz CT molecular complexity index is 828. The van der Waals surface area contributed by atoms with E-state index in [4.69, 9.17) is 0 Å². The summed E-state index contributed by atoms with van der Waals surface area (Å²) in [5.74, 6) is -0.564. The molecule has 0 saturated heterocycles. The quantitative estimate of drug-likeness (QED) is 0.616. The average Bonchev–Trinajstić information content (AvgIpc) is 2.54. The van der Waals surface area contributed by atoms with Crippen molar-refractivity contribution in [3.63, 3.8) is 0 Å². The largest absolute Gasteiger partial charge is 0.507 e. The van der Waals surface area contributed by atoms with Crippen LogP contribution < -0.4 is 5.32 Å². The molecule has 2 aromatic rings. The van der Waals surface area contributed by atoms with E-state index in [1.165, 1.54) is 24.3 Å². The van der Waals surface area contributed by atoms with Crippen molar-refractivity contribution in [3.8, 4) is 5.75 Å². The van der Waals surface area contributed by atoms with Gasteiger partial charge in [0.2, 0.25) is 0 Å². The summed E-state index contributed by atoms with van der Waals surface area (Å²) in [6.45, 7) is 7.81. The zero-order valence-electron chi connectivity index (χ0n) is 14.8. The van der Waals surface area contributed by atoms with E-state index in [9.17, 15) is 20.0 Å². The maximum Gasteiger partial charge on any atom is 0.272 e. The van der Waals surface area contributed by atoms with Crippen molar-refractivity contribution < 1.29 is 14.8 Å². The first-order chi connectivity index (χ1) is 11.7. The number of nitro groups is 1. The number of hydrogen-bond donors (Lipinski definition) is 2. The van der Waals surface area contributed by atoms with Crippen LogP contribution >= 0.6 is 0 Å². The molecule has 1 amide bonds. The fourth-order valence-corrected chi connectivity index (χ4v) is 2.48. The highest BCUT2D eigenvalue weighted by atomic mass is 16.6. The van der Waals surface area contributed by atoms with E-state index in [1.807, 2.05) is 6.07 Å². The Morgan fingerprint density at radius 2 is 1.92 bits per heavy atom. The van der Waals surface area contributed by atoms with Gasteiger partial charge in [-0.2, -0.15) is 0 Å². The molecule has 0 bridgehead atoms. The number of nitro benzene ring substituents is 1. The second-order valence-corrected chi connectivity index (χ2v) is 6.68. The number of nitrogens with zero attached hydrogens (tertiary/aromatic N) is 1. The Kier molecular flexibility index (Phi) is 5.11. The Labute approximate surface area is 146 Å². The second kappa shape index (κ2) is 6.93. The van der Waals surface area contributed by atoms with Gasteiger partial charge in [0.15, 0.2) is 0 Å². The van der Waals surface area contributed by atoms with E-state index in [0.29, 0.717) is 11.3 Å². The van der Waals surface area contributed by atoms with Crippen LogP contribution in [0.4, 0.5) is 11.4 Å². The van der Waals surface area contributed by atoms with Crippen LogP contribution in [0, 0.1) is 17.0 Å². The number of hydrogen-bond acceptors (Lipinski definition) is 4. The number of rotatable bonds is 5. The molecule has 2 aromatic carbocycles. The molecule has 6 heteroatoms. The van der Waals surface area contributed by atoms with Crippen LogP contribution in [0.25, 0.3) is 0 Å². The lowest BCUT2D eigenvalue weighted by Crippen LogP contribution is -2.18. The minimum atomic E-state index is -0.469. The zero-order chi connectivity index (χ0) is 18.8. The van der Waals surface area contributed by atoms with Gasteiger partial charge in [0.05, 0.1) is 10.5 Å². The number of anilines is 1. The summed E-state index contributed by atoms with van der Waals surface area (Å²) >= 11 is 0. The number of amides is 1. The van der Waals surface area contributed by atoms with Crippen LogP contribution in [0.3, 0.4) is 0 Å². The molecule has 0 unspecified atom stereocenters. The normalized spacial score (nSPS) is 11.2. The first-order valence-corrected chi connectivity index (χ1v) is 8.05. The van der Waals surface area contributed by atoms with E-state index < -0.39 is 10.8 Å². The Hall–Kier alpha value is -2.89. The van der Waals surface area contributed by atoms with Crippen molar-refractivity contribution >= 4 is 17.3 Å². The third-order valence-electron chi connectivity index (χ3n) is 4.56. The predicted molar refractivity (Wildman–Crippen MR) is 97.2 cm³/mol. The molecule has 0 saturated carbocycles. The Morgan fingerprint density at radius 3 is 2.48 bits per heavy atom. The fraction of sp³-hybridized carbons (Fsp3) is 0.316. The molecule has 2 rings (SSSR count). The number of carbonyl (C=O) groups excluding carboxylic acids is 1. The van der Waals surface area contributed by atoms with E-state index in [-0.39, 0.29) is 22.4 Å². The van der Waals surface area contributed by atoms with Crippen LogP contribution in [0.2, 0.25) is 0 Å². The number of nitrogens with one attached hydrogen (secondary N) is 1. The van der Waals surface area contributed by atoms with Gasteiger partial charge in [0.25, 0.3) is 11.6 Å². The fourth-order valence-electron chi connectivity index (χ4n) is 2.48. The highest BCUT2D eigenvalue weighted by molar-refractivity contribution is 6.06. The minimum absolute atomic E-state index is 0.00691. The van der Waals surface area contributed by atoms with Crippen molar-refractivity contribution in [3.05, 3.63) is 63.2 Å². The number of carbonyl (C=O) groups is 1. The van der Waals surface area contributed by atoms with Crippen LogP contribution in [0.5, 0.6) is 5.75 Å². The molecule has 0 fully saturated rings. The molecule has 0 heterocycles. The summed E-state index contributed by atoms with van der Waals surface area (Å²) in [5, 5.41) is 23.6. The highest BCUT2D eigenvalue weighted by Crippen LogP contribution is 2.31.